The van der Waals surface area contributed by atoms with Gasteiger partial charge in [0.25, 0.3) is 11.5 Å². The molecule has 3 heterocycles. The van der Waals surface area contributed by atoms with E-state index < -0.39 is 0 Å². The zero-order valence-corrected chi connectivity index (χ0v) is 20.0. The first-order valence-corrected chi connectivity index (χ1v) is 12.3. The lowest BCUT2D eigenvalue weighted by atomic mass is 10.1. The summed E-state index contributed by atoms with van der Waals surface area (Å²) in [6, 6.07) is 17.7. The molecule has 0 saturated carbocycles. The van der Waals surface area contributed by atoms with Crippen LogP contribution in [0.25, 0.3) is 32.6 Å². The second kappa shape index (κ2) is 8.86. The zero-order chi connectivity index (χ0) is 22.9. The number of benzene rings is 2. The summed E-state index contributed by atoms with van der Waals surface area (Å²) in [6.07, 6.45) is 1.35. The van der Waals surface area contributed by atoms with Crippen LogP contribution in [0, 0.1) is 10.9 Å². The number of thiophene rings is 1. The van der Waals surface area contributed by atoms with Crippen molar-refractivity contribution in [1.29, 1.82) is 0 Å². The largest absolute Gasteiger partial charge is 0.313 e. The number of amides is 1. The van der Waals surface area contributed by atoms with E-state index in [0.29, 0.717) is 14.2 Å². The molecule has 5 aromatic rings. The molecule has 0 spiro atoms. The molecular weight excluding hydrogens is 472 g/mol. The molecule has 5 rings (SSSR count). The molecule has 0 bridgehead atoms. The molecule has 0 fully saturated rings. The van der Waals surface area contributed by atoms with Crippen molar-refractivity contribution in [2.45, 2.75) is 13.5 Å². The van der Waals surface area contributed by atoms with E-state index in [9.17, 15) is 9.59 Å². The fraction of sp³-hybridized carbons (Fsp3) is 0.0833. The minimum Gasteiger partial charge on any atom is -0.313 e. The van der Waals surface area contributed by atoms with Gasteiger partial charge in [-0.15, -0.1) is 22.7 Å². The molecule has 2 aromatic carbocycles. The Balaban J connectivity index is 1.45. The first-order chi connectivity index (χ1) is 16.0. The van der Waals surface area contributed by atoms with Gasteiger partial charge in [0.1, 0.15) is 17.7 Å². The summed E-state index contributed by atoms with van der Waals surface area (Å²) in [6.45, 7) is 2.02. The average molecular weight is 491 g/mol. The highest BCUT2D eigenvalue weighted by atomic mass is 32.1. The number of aryl methyl sites for hydroxylation is 1. The van der Waals surface area contributed by atoms with Gasteiger partial charge in [-0.1, -0.05) is 60.2 Å². The van der Waals surface area contributed by atoms with Crippen molar-refractivity contribution in [1.82, 2.24) is 14.2 Å². The summed E-state index contributed by atoms with van der Waals surface area (Å²) in [5, 5.41) is 4.35. The Bertz CT molecular complexity index is 1580. The Morgan fingerprint density at radius 1 is 1.03 bits per heavy atom. The molecule has 0 aliphatic carbocycles. The molecule has 3 aromatic heterocycles. The molecule has 0 saturated heterocycles. The molecule has 6 nitrogen and oxygen atoms in total. The molecule has 0 aliphatic heterocycles. The Morgan fingerprint density at radius 2 is 1.79 bits per heavy atom. The van der Waals surface area contributed by atoms with E-state index >= 15 is 0 Å². The average Bonchev–Trinajstić information content (AvgIpc) is 3.41. The number of hydrogen-bond donors (Lipinski definition) is 1. The van der Waals surface area contributed by atoms with Crippen molar-refractivity contribution in [3.05, 3.63) is 91.6 Å². The molecular formula is C24H18N4O2S3. The number of nitrogens with zero attached hydrogens (tertiary/aromatic N) is 3. The number of hydrogen-bond acceptors (Lipinski definition) is 6. The molecule has 0 radical (unpaired) electrons. The van der Waals surface area contributed by atoms with Gasteiger partial charge >= 0.3 is 0 Å². The van der Waals surface area contributed by atoms with Gasteiger partial charge in [0.05, 0.1) is 11.1 Å². The highest BCUT2D eigenvalue weighted by Gasteiger charge is 2.16. The van der Waals surface area contributed by atoms with E-state index in [1.54, 1.807) is 4.57 Å². The van der Waals surface area contributed by atoms with Gasteiger partial charge in [0, 0.05) is 16.3 Å². The van der Waals surface area contributed by atoms with Gasteiger partial charge in [-0.25, -0.2) is 9.66 Å². The van der Waals surface area contributed by atoms with Crippen molar-refractivity contribution in [2.75, 3.05) is 5.43 Å². The summed E-state index contributed by atoms with van der Waals surface area (Å²) >= 11 is 8.26. The molecule has 1 N–H and O–H groups in total. The minimum absolute atomic E-state index is 0.00873. The Labute approximate surface area is 202 Å². The van der Waals surface area contributed by atoms with Crippen molar-refractivity contribution >= 4 is 51.0 Å². The van der Waals surface area contributed by atoms with E-state index in [1.807, 2.05) is 72.3 Å². The number of thiazole rings is 1. The van der Waals surface area contributed by atoms with E-state index in [1.165, 1.54) is 29.0 Å². The predicted molar refractivity (Wildman–Crippen MR) is 137 cm³/mol. The smallest absolute Gasteiger partial charge is 0.281 e. The lowest BCUT2D eigenvalue weighted by Gasteiger charge is -2.11. The Morgan fingerprint density at radius 3 is 2.55 bits per heavy atom. The van der Waals surface area contributed by atoms with Crippen LogP contribution in [0.15, 0.2) is 76.5 Å². The van der Waals surface area contributed by atoms with Crippen LogP contribution in [0.2, 0.25) is 0 Å². The Kier molecular flexibility index (Phi) is 5.76. The monoisotopic (exact) mass is 490 g/mol. The molecule has 0 atom stereocenters. The quantitative estimate of drug-likeness (QED) is 0.332. The second-order valence-electron chi connectivity index (χ2n) is 7.49. The normalized spacial score (nSPS) is 11.1. The zero-order valence-electron chi connectivity index (χ0n) is 17.5. The lowest BCUT2D eigenvalue weighted by molar-refractivity contribution is -0.117. The summed E-state index contributed by atoms with van der Waals surface area (Å²) in [5.41, 5.74) is 7.08. The lowest BCUT2D eigenvalue weighted by Crippen LogP contribution is -2.35. The predicted octanol–water partition coefficient (Wildman–Crippen LogP) is 5.46. The van der Waals surface area contributed by atoms with E-state index in [2.05, 4.69) is 10.4 Å². The van der Waals surface area contributed by atoms with Crippen LogP contribution in [-0.4, -0.2) is 20.1 Å². The van der Waals surface area contributed by atoms with Crippen LogP contribution in [0.4, 0.5) is 0 Å². The SMILES string of the molecule is Cc1ccc(-c2csc(=S)n2CC(=O)Nn2cnc3scc(-c4ccccc4)c3c2=O)cc1. The topological polar surface area (TPSA) is 68.9 Å². The number of nitrogens with one attached hydrogen (secondary N) is 1. The first kappa shape index (κ1) is 21.4. The first-order valence-electron chi connectivity index (χ1n) is 10.1. The van der Waals surface area contributed by atoms with Gasteiger partial charge in [0.2, 0.25) is 0 Å². The van der Waals surface area contributed by atoms with Crippen LogP contribution in [-0.2, 0) is 11.3 Å². The van der Waals surface area contributed by atoms with Gasteiger partial charge in [-0.2, -0.15) is 0 Å². The number of aromatic nitrogens is 3. The van der Waals surface area contributed by atoms with Crippen molar-refractivity contribution in [3.8, 4) is 22.4 Å². The van der Waals surface area contributed by atoms with E-state index in [0.717, 1.165) is 32.6 Å². The molecule has 164 valence electrons. The minimum atomic E-state index is -0.363. The standard InChI is InChI=1S/C24H18N4O2S3/c1-15-7-9-17(10-8-15)19-13-33-24(31)27(19)11-20(29)26-28-14-25-22-21(23(28)30)18(12-32-22)16-5-3-2-4-6-16/h2-10,12-14H,11H2,1H3,(H,26,29). The molecule has 1 amide bonds. The van der Waals surface area contributed by atoms with Crippen LogP contribution in [0.5, 0.6) is 0 Å². The maximum atomic E-state index is 13.2. The van der Waals surface area contributed by atoms with Crippen molar-refractivity contribution in [2.24, 2.45) is 0 Å². The summed E-state index contributed by atoms with van der Waals surface area (Å²) in [4.78, 5) is 31.1. The summed E-state index contributed by atoms with van der Waals surface area (Å²) in [7, 11) is 0. The summed E-state index contributed by atoms with van der Waals surface area (Å²) in [5.74, 6) is -0.363. The fourth-order valence-corrected chi connectivity index (χ4v) is 5.56. The highest BCUT2D eigenvalue weighted by molar-refractivity contribution is 7.73. The van der Waals surface area contributed by atoms with Crippen LogP contribution < -0.4 is 11.0 Å². The van der Waals surface area contributed by atoms with Crippen molar-refractivity contribution < 1.29 is 4.79 Å². The maximum Gasteiger partial charge on any atom is 0.281 e. The van der Waals surface area contributed by atoms with Gasteiger partial charge in [-0.3, -0.25) is 15.0 Å². The number of carbonyl (C=O) groups is 1. The third-order valence-corrected chi connectivity index (χ3v) is 7.41. The number of carbonyl (C=O) groups excluding carboxylic acids is 1. The molecule has 0 unspecified atom stereocenters. The number of fused-ring (bicyclic) bond motifs is 1. The van der Waals surface area contributed by atoms with Gasteiger partial charge < -0.3 is 4.57 Å². The molecule has 0 aliphatic rings. The maximum absolute atomic E-state index is 13.2. The van der Waals surface area contributed by atoms with Crippen LogP contribution >= 0.6 is 34.9 Å². The van der Waals surface area contributed by atoms with E-state index in [-0.39, 0.29) is 18.0 Å². The van der Waals surface area contributed by atoms with Crippen LogP contribution in [0.1, 0.15) is 5.56 Å². The van der Waals surface area contributed by atoms with Gasteiger partial charge in [0.15, 0.2) is 3.95 Å². The van der Waals surface area contributed by atoms with Gasteiger partial charge in [-0.05, 0) is 30.3 Å². The fourth-order valence-electron chi connectivity index (χ4n) is 3.59. The molecule has 9 heteroatoms. The second-order valence-corrected chi connectivity index (χ2v) is 9.85. The Hall–Kier alpha value is -3.40. The molecule has 33 heavy (non-hydrogen) atoms. The summed E-state index contributed by atoms with van der Waals surface area (Å²) < 4.78 is 3.51. The van der Waals surface area contributed by atoms with Crippen molar-refractivity contribution in [3.63, 3.8) is 0 Å². The van der Waals surface area contributed by atoms with E-state index in [4.69, 9.17) is 12.2 Å². The van der Waals surface area contributed by atoms with Crippen LogP contribution in [0.3, 0.4) is 0 Å². The third kappa shape index (κ3) is 4.18. The highest BCUT2D eigenvalue weighted by Crippen LogP contribution is 2.30. The number of rotatable bonds is 5. The third-order valence-electron chi connectivity index (χ3n) is 5.26.